The molecule has 1 aromatic carbocycles. The smallest absolute Gasteiger partial charge is 0.310 e. The molecule has 0 spiro atoms. The van der Waals surface area contributed by atoms with Crippen molar-refractivity contribution < 1.29 is 42.9 Å². The van der Waals surface area contributed by atoms with E-state index >= 15 is 0 Å². The number of benzene rings is 1. The van der Waals surface area contributed by atoms with Gasteiger partial charge in [-0.2, -0.15) is 0 Å². The van der Waals surface area contributed by atoms with Gasteiger partial charge >= 0.3 is 5.97 Å². The molecule has 1 aliphatic heterocycles. The Labute approximate surface area is 218 Å². The number of hydrogen-bond donors (Lipinski definition) is 0. The lowest BCUT2D eigenvalue weighted by molar-refractivity contribution is -0.259. The van der Waals surface area contributed by atoms with Gasteiger partial charge in [-0.1, -0.05) is 27.7 Å². The molecule has 1 fully saturated rings. The second-order valence-electron chi connectivity index (χ2n) is 10.4. The Morgan fingerprint density at radius 2 is 1.62 bits per heavy atom. The summed E-state index contributed by atoms with van der Waals surface area (Å²) < 4.78 is 28.9. The number of hydrogen-bond acceptors (Lipinski definition) is 9. The number of fused-ring (bicyclic) bond motifs is 2. The van der Waals surface area contributed by atoms with Gasteiger partial charge < -0.3 is 23.7 Å². The van der Waals surface area contributed by atoms with Crippen molar-refractivity contribution in [2.45, 2.75) is 78.6 Å². The molecule has 1 aliphatic carbocycles. The second kappa shape index (κ2) is 10.1. The van der Waals surface area contributed by atoms with E-state index in [9.17, 15) is 19.2 Å². The van der Waals surface area contributed by atoms with Crippen LogP contribution in [0.3, 0.4) is 0 Å². The summed E-state index contributed by atoms with van der Waals surface area (Å²) in [6, 6.07) is 1.57. The van der Waals surface area contributed by atoms with Crippen LogP contribution in [0, 0.1) is 17.3 Å². The van der Waals surface area contributed by atoms with Gasteiger partial charge in [0.15, 0.2) is 17.3 Å². The van der Waals surface area contributed by atoms with Crippen LogP contribution in [0.15, 0.2) is 6.07 Å². The molecule has 37 heavy (non-hydrogen) atoms. The first-order chi connectivity index (χ1) is 17.3. The van der Waals surface area contributed by atoms with Gasteiger partial charge in [0.05, 0.1) is 26.6 Å². The van der Waals surface area contributed by atoms with E-state index < -0.39 is 40.3 Å². The van der Waals surface area contributed by atoms with E-state index in [2.05, 4.69) is 0 Å². The van der Waals surface area contributed by atoms with Crippen LogP contribution in [0.2, 0.25) is 0 Å². The average Bonchev–Trinajstić information content (AvgIpc) is 2.89. The van der Waals surface area contributed by atoms with E-state index in [0.29, 0.717) is 18.4 Å². The molecule has 5 atom stereocenters. The third-order valence-electron chi connectivity index (χ3n) is 8.19. The summed E-state index contributed by atoms with van der Waals surface area (Å²) in [5.74, 6) is -3.67. The number of carbonyl (C=O) groups is 4. The fraction of sp³-hybridized carbons (Fsp3) is 0.643. The summed E-state index contributed by atoms with van der Waals surface area (Å²) in [7, 11) is 4.25. The van der Waals surface area contributed by atoms with Gasteiger partial charge in [0.2, 0.25) is 11.4 Å². The van der Waals surface area contributed by atoms with E-state index in [1.807, 2.05) is 20.8 Å². The zero-order valence-corrected chi connectivity index (χ0v) is 23.2. The molecule has 0 bridgehead atoms. The lowest BCUT2D eigenvalue weighted by atomic mass is 9.59. The van der Waals surface area contributed by atoms with Crippen molar-refractivity contribution in [3.05, 3.63) is 17.2 Å². The maximum atomic E-state index is 14.1. The Morgan fingerprint density at radius 3 is 2.14 bits per heavy atom. The van der Waals surface area contributed by atoms with Gasteiger partial charge in [-0.05, 0) is 33.1 Å². The molecule has 1 aromatic rings. The Balaban J connectivity index is 2.22. The van der Waals surface area contributed by atoms with Crippen molar-refractivity contribution in [2.75, 3.05) is 21.3 Å². The Bertz CT molecular complexity index is 1130. The number of Topliss-reactive ketones (excluding diaryl/α,β-unsaturated/α-hetero) is 3. The van der Waals surface area contributed by atoms with Crippen LogP contribution < -0.4 is 14.2 Å². The number of rotatable bonds is 9. The zero-order valence-electron chi connectivity index (χ0n) is 23.2. The average molecular weight is 519 g/mol. The predicted octanol–water partition coefficient (Wildman–Crippen LogP) is 4.11. The van der Waals surface area contributed by atoms with Gasteiger partial charge in [0.1, 0.15) is 28.2 Å². The van der Waals surface area contributed by atoms with Gasteiger partial charge in [-0.25, -0.2) is 0 Å². The van der Waals surface area contributed by atoms with E-state index in [1.165, 1.54) is 28.3 Å². The van der Waals surface area contributed by atoms with Crippen LogP contribution in [0.4, 0.5) is 0 Å². The highest BCUT2D eigenvalue weighted by atomic mass is 16.7. The second-order valence-corrected chi connectivity index (χ2v) is 10.4. The van der Waals surface area contributed by atoms with Crippen LogP contribution >= 0.6 is 0 Å². The lowest BCUT2D eigenvalue weighted by Gasteiger charge is -2.54. The van der Waals surface area contributed by atoms with Crippen LogP contribution in [-0.4, -0.2) is 56.0 Å². The molecule has 1 saturated carbocycles. The van der Waals surface area contributed by atoms with E-state index in [-0.39, 0.29) is 47.4 Å². The third kappa shape index (κ3) is 4.21. The first-order valence-electron chi connectivity index (χ1n) is 12.7. The first kappa shape index (κ1) is 28.6. The quantitative estimate of drug-likeness (QED) is 0.271. The highest BCUT2D eigenvalue weighted by Gasteiger charge is 2.70. The Hall–Kier alpha value is -2.94. The topological polar surface area (TPSA) is 114 Å². The van der Waals surface area contributed by atoms with E-state index in [0.717, 1.165) is 0 Å². The SMILES string of the molecule is CC[C@@H](C)C(=O)O[C@]1(C)C(=O)C[C@]2(OC)Oc3cc(OC)c(C(=O)[C@H](C)CC)c(OC)c3C[C@@]2(C)C1=O. The predicted molar refractivity (Wildman–Crippen MR) is 134 cm³/mol. The maximum Gasteiger partial charge on any atom is 0.310 e. The number of esters is 1. The summed E-state index contributed by atoms with van der Waals surface area (Å²) in [6.07, 6.45) is 0.809. The van der Waals surface area contributed by atoms with Crippen molar-refractivity contribution in [2.24, 2.45) is 17.3 Å². The summed E-state index contributed by atoms with van der Waals surface area (Å²) in [5.41, 5.74) is -2.72. The first-order valence-corrected chi connectivity index (χ1v) is 12.7. The molecule has 0 saturated heterocycles. The molecule has 0 unspecified atom stereocenters. The molecular formula is C28H38O9. The minimum Gasteiger partial charge on any atom is -0.496 e. The lowest BCUT2D eigenvalue weighted by Crippen LogP contribution is -2.72. The van der Waals surface area contributed by atoms with Crippen LogP contribution in [0.1, 0.15) is 76.7 Å². The molecule has 0 aromatic heterocycles. The molecule has 9 heteroatoms. The molecular weight excluding hydrogens is 480 g/mol. The molecule has 0 radical (unpaired) electrons. The molecule has 204 valence electrons. The van der Waals surface area contributed by atoms with E-state index in [4.69, 9.17) is 23.7 Å². The molecule has 2 aliphatic rings. The maximum absolute atomic E-state index is 14.1. The van der Waals surface area contributed by atoms with Gasteiger partial charge in [-0.3, -0.25) is 19.2 Å². The van der Waals surface area contributed by atoms with Crippen molar-refractivity contribution >= 4 is 23.3 Å². The molecule has 0 N–H and O–H groups in total. The van der Waals surface area contributed by atoms with Gasteiger partial charge in [-0.15, -0.1) is 0 Å². The minimum atomic E-state index is -2.01. The van der Waals surface area contributed by atoms with Crippen molar-refractivity contribution in [3.63, 3.8) is 0 Å². The number of ether oxygens (including phenoxy) is 5. The molecule has 0 amide bonds. The number of ketones is 3. The molecule has 3 rings (SSSR count). The highest BCUT2D eigenvalue weighted by molar-refractivity contribution is 6.16. The van der Waals surface area contributed by atoms with Crippen LogP contribution in [-0.2, 0) is 30.3 Å². The Kier molecular flexibility index (Phi) is 7.80. The van der Waals surface area contributed by atoms with Crippen molar-refractivity contribution in [1.29, 1.82) is 0 Å². The normalized spacial score (nSPS) is 28.4. The number of carbonyl (C=O) groups excluding carboxylic acids is 4. The number of methoxy groups -OCH3 is 3. The van der Waals surface area contributed by atoms with Gasteiger partial charge in [0, 0.05) is 24.7 Å². The monoisotopic (exact) mass is 518 g/mol. The summed E-state index contributed by atoms with van der Waals surface area (Å²) in [5, 5.41) is 0. The van der Waals surface area contributed by atoms with Crippen LogP contribution in [0.5, 0.6) is 17.2 Å². The van der Waals surface area contributed by atoms with Crippen molar-refractivity contribution in [3.8, 4) is 17.2 Å². The fourth-order valence-electron chi connectivity index (χ4n) is 5.17. The molecule has 9 nitrogen and oxygen atoms in total. The fourth-order valence-corrected chi connectivity index (χ4v) is 5.17. The Morgan fingerprint density at radius 1 is 1.00 bits per heavy atom. The minimum absolute atomic E-state index is 0.0205. The summed E-state index contributed by atoms with van der Waals surface area (Å²) >= 11 is 0. The van der Waals surface area contributed by atoms with E-state index in [1.54, 1.807) is 19.9 Å². The summed E-state index contributed by atoms with van der Waals surface area (Å²) in [6.45, 7) is 10.2. The highest BCUT2D eigenvalue weighted by Crippen LogP contribution is 2.57. The van der Waals surface area contributed by atoms with Crippen molar-refractivity contribution in [1.82, 2.24) is 0 Å². The summed E-state index contributed by atoms with van der Waals surface area (Å²) in [4.78, 5) is 53.5. The zero-order chi connectivity index (χ0) is 27.9. The largest absolute Gasteiger partial charge is 0.496 e. The van der Waals surface area contributed by atoms with Crippen LogP contribution in [0.25, 0.3) is 0 Å². The van der Waals surface area contributed by atoms with Gasteiger partial charge in [0.25, 0.3) is 0 Å². The molecule has 1 heterocycles. The third-order valence-corrected chi connectivity index (χ3v) is 8.19. The standard InChI is InChI=1S/C28H38O9/c1-10-15(3)22(30)21-19(33-7)12-18-17(23(21)34-8)13-26(5)25(32)27(6,37-24(31)16(4)11-2)20(29)14-28(26,35-9)36-18/h12,15-16H,10-11,13-14H2,1-9H3/t15-,16-,26+,27-,28+/m1/s1.